The molecule has 0 atom stereocenters. The Morgan fingerprint density at radius 3 is 1.80 bits per heavy atom. The minimum atomic E-state index is 0.605. The second-order valence-electron chi connectivity index (χ2n) is 12.8. The number of para-hydroxylation sites is 2. The van der Waals surface area contributed by atoms with Gasteiger partial charge in [0.15, 0.2) is 5.58 Å². The Morgan fingerprint density at radius 1 is 0.392 bits per heavy atom. The summed E-state index contributed by atoms with van der Waals surface area (Å²) in [7, 11) is 0. The van der Waals surface area contributed by atoms with Crippen molar-refractivity contribution in [2.45, 2.75) is 0 Å². The number of furan rings is 1. The molecule has 2 heterocycles. The van der Waals surface area contributed by atoms with E-state index in [-0.39, 0.29) is 0 Å². The van der Waals surface area contributed by atoms with Gasteiger partial charge in [-0.2, -0.15) is 0 Å². The zero-order valence-electron chi connectivity index (χ0n) is 27.5. The number of oxazole rings is 1. The lowest BCUT2D eigenvalue weighted by molar-refractivity contribution is 0.617. The van der Waals surface area contributed by atoms with Crippen LogP contribution in [0.4, 0.5) is 17.1 Å². The molecule has 4 heteroatoms. The van der Waals surface area contributed by atoms with Gasteiger partial charge in [-0.1, -0.05) is 115 Å². The molecule has 0 saturated heterocycles. The lowest BCUT2D eigenvalue weighted by Crippen LogP contribution is -2.09. The number of nitrogens with zero attached hydrogens (tertiary/aromatic N) is 2. The van der Waals surface area contributed by atoms with E-state index in [1.54, 1.807) is 0 Å². The average Bonchev–Trinajstić information content (AvgIpc) is 3.79. The largest absolute Gasteiger partial charge is 0.455 e. The summed E-state index contributed by atoms with van der Waals surface area (Å²) in [5.41, 5.74) is 11.9. The van der Waals surface area contributed by atoms with E-state index >= 15 is 0 Å². The Morgan fingerprint density at radius 2 is 1.04 bits per heavy atom. The lowest BCUT2D eigenvalue weighted by atomic mass is 10.0. The van der Waals surface area contributed by atoms with E-state index in [4.69, 9.17) is 13.8 Å². The molecule has 51 heavy (non-hydrogen) atoms. The van der Waals surface area contributed by atoms with E-state index < -0.39 is 0 Å². The van der Waals surface area contributed by atoms with Gasteiger partial charge in [0, 0.05) is 45.0 Å². The Balaban J connectivity index is 1.00. The third-order valence-electron chi connectivity index (χ3n) is 9.69. The van der Waals surface area contributed by atoms with Gasteiger partial charge in [0.1, 0.15) is 16.7 Å². The third kappa shape index (κ3) is 5.13. The van der Waals surface area contributed by atoms with E-state index in [0.29, 0.717) is 11.5 Å². The Bertz CT molecular complexity index is 2840. The fourth-order valence-corrected chi connectivity index (χ4v) is 7.14. The van der Waals surface area contributed by atoms with E-state index in [9.17, 15) is 0 Å². The molecule has 0 N–H and O–H groups in total. The number of anilines is 3. The molecular formula is C47H30N2O2. The van der Waals surface area contributed by atoms with Crippen molar-refractivity contribution in [3.8, 4) is 33.7 Å². The number of benzene rings is 8. The molecule has 4 nitrogen and oxygen atoms in total. The van der Waals surface area contributed by atoms with Crippen molar-refractivity contribution in [1.82, 2.24) is 4.98 Å². The first-order valence-electron chi connectivity index (χ1n) is 17.1. The summed E-state index contributed by atoms with van der Waals surface area (Å²) in [4.78, 5) is 7.09. The molecule has 0 aliphatic heterocycles. The first-order chi connectivity index (χ1) is 25.2. The van der Waals surface area contributed by atoms with Gasteiger partial charge < -0.3 is 13.7 Å². The number of rotatable bonds is 6. The first-order valence-corrected chi connectivity index (χ1v) is 17.1. The lowest BCUT2D eigenvalue weighted by Gasteiger charge is -2.26. The molecule has 240 valence electrons. The molecule has 0 bridgehead atoms. The SMILES string of the molecule is c1ccc(-c2nc3cc4c(cc3o2)oc2c(-c3ccc(N(c5ccccc5)c5ccc(-c6ccc7ccccc7c6)cc5)cc3)cccc24)cc1. The topological polar surface area (TPSA) is 42.4 Å². The van der Waals surface area contributed by atoms with Crippen molar-refractivity contribution in [2.24, 2.45) is 0 Å². The van der Waals surface area contributed by atoms with Gasteiger partial charge in [-0.05, 0) is 88.1 Å². The van der Waals surface area contributed by atoms with Crippen molar-refractivity contribution >= 4 is 60.9 Å². The van der Waals surface area contributed by atoms with Crippen molar-refractivity contribution < 1.29 is 8.83 Å². The molecule has 10 rings (SSSR count). The molecule has 0 aliphatic carbocycles. The van der Waals surface area contributed by atoms with Gasteiger partial charge in [0.2, 0.25) is 5.89 Å². The van der Waals surface area contributed by atoms with Crippen LogP contribution in [-0.4, -0.2) is 4.98 Å². The van der Waals surface area contributed by atoms with Crippen LogP contribution in [-0.2, 0) is 0 Å². The Hall–Kier alpha value is -6.91. The van der Waals surface area contributed by atoms with Crippen LogP contribution >= 0.6 is 0 Å². The van der Waals surface area contributed by atoms with E-state index in [0.717, 1.165) is 61.2 Å². The highest BCUT2D eigenvalue weighted by molar-refractivity contribution is 6.12. The van der Waals surface area contributed by atoms with Crippen molar-refractivity contribution in [3.05, 3.63) is 182 Å². The smallest absolute Gasteiger partial charge is 0.227 e. The maximum absolute atomic E-state index is 6.55. The Kier molecular flexibility index (Phi) is 6.78. The molecule has 0 fully saturated rings. The summed E-state index contributed by atoms with van der Waals surface area (Å²) in [5.74, 6) is 0.605. The van der Waals surface area contributed by atoms with Crippen LogP contribution in [0.5, 0.6) is 0 Å². The third-order valence-corrected chi connectivity index (χ3v) is 9.69. The van der Waals surface area contributed by atoms with Crippen LogP contribution in [0.2, 0.25) is 0 Å². The highest BCUT2D eigenvalue weighted by atomic mass is 16.4. The second kappa shape index (κ2) is 11.9. The molecule has 0 radical (unpaired) electrons. The highest BCUT2D eigenvalue weighted by Gasteiger charge is 2.18. The minimum Gasteiger partial charge on any atom is -0.455 e. The van der Waals surface area contributed by atoms with Gasteiger partial charge in [-0.25, -0.2) is 4.98 Å². The summed E-state index contributed by atoms with van der Waals surface area (Å²) in [6, 6.07) is 63.5. The monoisotopic (exact) mass is 654 g/mol. The summed E-state index contributed by atoms with van der Waals surface area (Å²) < 4.78 is 12.7. The van der Waals surface area contributed by atoms with Gasteiger partial charge in [0.25, 0.3) is 0 Å². The molecule has 0 amide bonds. The van der Waals surface area contributed by atoms with E-state index in [1.165, 1.54) is 21.9 Å². The molecule has 0 aliphatic rings. The average molecular weight is 655 g/mol. The van der Waals surface area contributed by atoms with Crippen molar-refractivity contribution in [2.75, 3.05) is 4.90 Å². The maximum atomic E-state index is 6.55. The first kappa shape index (κ1) is 29.0. The molecule has 0 unspecified atom stereocenters. The molecule has 0 saturated carbocycles. The summed E-state index contributed by atoms with van der Waals surface area (Å²) >= 11 is 0. The predicted molar refractivity (Wildman–Crippen MR) is 210 cm³/mol. The van der Waals surface area contributed by atoms with Crippen LogP contribution in [0, 0.1) is 0 Å². The number of fused-ring (bicyclic) bond motifs is 5. The van der Waals surface area contributed by atoms with Crippen molar-refractivity contribution in [1.29, 1.82) is 0 Å². The summed E-state index contributed by atoms with van der Waals surface area (Å²) in [6.07, 6.45) is 0. The summed E-state index contributed by atoms with van der Waals surface area (Å²) in [6.45, 7) is 0. The highest BCUT2D eigenvalue weighted by Crippen LogP contribution is 2.40. The van der Waals surface area contributed by atoms with Crippen LogP contribution in [0.3, 0.4) is 0 Å². The fraction of sp³-hybridized carbons (Fsp3) is 0. The van der Waals surface area contributed by atoms with E-state index in [2.05, 4.69) is 150 Å². The Labute approximate surface area is 294 Å². The number of aromatic nitrogens is 1. The van der Waals surface area contributed by atoms with Crippen LogP contribution in [0.25, 0.3) is 77.5 Å². The molecule has 8 aromatic carbocycles. The van der Waals surface area contributed by atoms with Gasteiger partial charge >= 0.3 is 0 Å². The van der Waals surface area contributed by atoms with Crippen molar-refractivity contribution in [3.63, 3.8) is 0 Å². The van der Waals surface area contributed by atoms with Gasteiger partial charge in [-0.15, -0.1) is 0 Å². The molecule has 10 aromatic rings. The minimum absolute atomic E-state index is 0.605. The maximum Gasteiger partial charge on any atom is 0.227 e. The quantitative estimate of drug-likeness (QED) is 0.179. The van der Waals surface area contributed by atoms with Crippen LogP contribution in [0.15, 0.2) is 191 Å². The molecular weight excluding hydrogens is 625 g/mol. The zero-order chi connectivity index (χ0) is 33.7. The standard InChI is InChI=1S/C47H30N2O2/c1-3-11-34(12-4-1)47-48-43-29-42-41-17-9-16-40(46(41)50-44(42)30-45(43)51-47)33-22-26-39(27-23-33)49(37-14-5-2-6-15-37)38-24-20-32(21-25-38)36-19-18-31-10-7-8-13-35(31)28-36/h1-30H. The number of hydrogen-bond acceptors (Lipinski definition) is 4. The summed E-state index contributed by atoms with van der Waals surface area (Å²) in [5, 5.41) is 4.56. The fourth-order valence-electron chi connectivity index (χ4n) is 7.14. The van der Waals surface area contributed by atoms with Gasteiger partial charge in [0.05, 0.1) is 0 Å². The van der Waals surface area contributed by atoms with Crippen LogP contribution < -0.4 is 4.90 Å². The second-order valence-corrected chi connectivity index (χ2v) is 12.8. The normalized spacial score (nSPS) is 11.5. The molecule has 0 spiro atoms. The van der Waals surface area contributed by atoms with E-state index in [1.807, 2.05) is 36.4 Å². The number of hydrogen-bond donors (Lipinski definition) is 0. The van der Waals surface area contributed by atoms with Gasteiger partial charge in [-0.3, -0.25) is 0 Å². The zero-order valence-corrected chi connectivity index (χ0v) is 27.5. The predicted octanol–water partition coefficient (Wildman–Crippen LogP) is 13.4. The molecule has 2 aromatic heterocycles. The van der Waals surface area contributed by atoms with Crippen LogP contribution in [0.1, 0.15) is 0 Å².